The predicted molar refractivity (Wildman–Crippen MR) is 91.4 cm³/mol. The van der Waals surface area contributed by atoms with Gasteiger partial charge in [0.2, 0.25) is 5.91 Å². The van der Waals surface area contributed by atoms with Crippen LogP contribution in [0.15, 0.2) is 41.3 Å². The Morgan fingerprint density at radius 2 is 1.95 bits per heavy atom. The first-order chi connectivity index (χ1) is 9.95. The van der Waals surface area contributed by atoms with Gasteiger partial charge in [0.05, 0.1) is 15.8 Å². The van der Waals surface area contributed by atoms with E-state index in [-0.39, 0.29) is 11.7 Å². The first kappa shape index (κ1) is 16.0. The van der Waals surface area contributed by atoms with Crippen LogP contribution in [0.25, 0.3) is 0 Å². The summed E-state index contributed by atoms with van der Waals surface area (Å²) in [5.74, 6) is 0.145. The van der Waals surface area contributed by atoms with Crippen LogP contribution in [0.3, 0.4) is 0 Å². The molecule has 0 atom stereocenters. The Hall–Kier alpha value is -1.36. The summed E-state index contributed by atoms with van der Waals surface area (Å²) in [6.45, 7) is 1.97. The minimum atomic E-state index is -0.127. The van der Waals surface area contributed by atoms with Crippen LogP contribution < -0.4 is 11.1 Å². The lowest BCUT2D eigenvalue weighted by Gasteiger charge is -2.08. The van der Waals surface area contributed by atoms with E-state index < -0.39 is 0 Å². The van der Waals surface area contributed by atoms with Gasteiger partial charge in [0, 0.05) is 16.3 Å². The number of aryl methyl sites for hydroxylation is 1. The van der Waals surface area contributed by atoms with E-state index in [1.54, 1.807) is 18.2 Å². The number of nitrogens with one attached hydrogen (secondary N) is 1. The lowest BCUT2D eigenvalue weighted by molar-refractivity contribution is -0.113. The highest BCUT2D eigenvalue weighted by Gasteiger charge is 2.07. The number of amides is 1. The summed E-state index contributed by atoms with van der Waals surface area (Å²) < 4.78 is 0. The first-order valence-corrected chi connectivity index (χ1v) is 7.93. The number of halogens is 2. The predicted octanol–water partition coefficient (Wildman–Crippen LogP) is 4.61. The third-order valence-electron chi connectivity index (χ3n) is 2.73. The molecule has 2 aromatic rings. The molecule has 0 aliphatic heterocycles. The molecule has 2 aromatic carbocycles. The fraction of sp³-hybridized carbons (Fsp3) is 0.133. The average molecular weight is 341 g/mol. The SMILES string of the molecule is Cc1ccc(SCC(=O)Nc2ccc(Cl)c(Cl)c2)c(N)c1. The minimum Gasteiger partial charge on any atom is -0.398 e. The van der Waals surface area contributed by atoms with Crippen LogP contribution in [-0.4, -0.2) is 11.7 Å². The van der Waals surface area contributed by atoms with Crippen LogP contribution in [0.1, 0.15) is 5.56 Å². The number of carbonyl (C=O) groups excluding carboxylic acids is 1. The van der Waals surface area contributed by atoms with Crippen LogP contribution in [-0.2, 0) is 4.79 Å². The standard InChI is InChI=1S/C15H14Cl2N2OS/c1-9-2-5-14(13(18)6-9)21-8-15(20)19-10-3-4-11(16)12(17)7-10/h2-7H,8,18H2,1H3,(H,19,20). The van der Waals surface area contributed by atoms with Gasteiger partial charge in [0.1, 0.15) is 0 Å². The van der Waals surface area contributed by atoms with E-state index in [9.17, 15) is 4.79 Å². The fourth-order valence-corrected chi connectivity index (χ4v) is 2.76. The van der Waals surface area contributed by atoms with Crippen molar-refractivity contribution in [1.82, 2.24) is 0 Å². The molecule has 0 unspecified atom stereocenters. The number of rotatable bonds is 4. The maximum absolute atomic E-state index is 11.9. The number of thioether (sulfide) groups is 1. The third-order valence-corrected chi connectivity index (χ3v) is 4.56. The van der Waals surface area contributed by atoms with Crippen molar-refractivity contribution in [3.63, 3.8) is 0 Å². The van der Waals surface area contributed by atoms with Gasteiger partial charge in [-0.05, 0) is 42.8 Å². The lowest BCUT2D eigenvalue weighted by Crippen LogP contribution is -2.14. The van der Waals surface area contributed by atoms with Gasteiger partial charge in [-0.1, -0.05) is 29.3 Å². The van der Waals surface area contributed by atoms with Crippen molar-refractivity contribution in [1.29, 1.82) is 0 Å². The summed E-state index contributed by atoms with van der Waals surface area (Å²) in [6.07, 6.45) is 0. The summed E-state index contributed by atoms with van der Waals surface area (Å²) in [5.41, 5.74) is 8.31. The molecule has 1 amide bonds. The largest absolute Gasteiger partial charge is 0.398 e. The Kier molecular flexibility index (Phi) is 5.39. The summed E-state index contributed by atoms with van der Waals surface area (Å²) in [6, 6.07) is 10.7. The Bertz CT molecular complexity index is 677. The number of nitrogens with two attached hydrogens (primary N) is 1. The van der Waals surface area contributed by atoms with E-state index in [2.05, 4.69) is 5.32 Å². The molecule has 0 aliphatic carbocycles. The molecule has 0 aromatic heterocycles. The monoisotopic (exact) mass is 340 g/mol. The van der Waals surface area contributed by atoms with Gasteiger partial charge in [-0.2, -0.15) is 0 Å². The van der Waals surface area contributed by atoms with Crippen LogP contribution in [0.5, 0.6) is 0 Å². The van der Waals surface area contributed by atoms with Crippen molar-refractivity contribution in [3.8, 4) is 0 Å². The Morgan fingerprint density at radius 1 is 1.19 bits per heavy atom. The molecule has 6 heteroatoms. The quantitative estimate of drug-likeness (QED) is 0.630. The fourth-order valence-electron chi connectivity index (χ4n) is 1.71. The molecule has 3 nitrogen and oxygen atoms in total. The molecule has 0 bridgehead atoms. The molecule has 21 heavy (non-hydrogen) atoms. The van der Waals surface area contributed by atoms with Crippen molar-refractivity contribution >= 4 is 52.2 Å². The van der Waals surface area contributed by atoms with E-state index in [0.717, 1.165) is 10.5 Å². The Morgan fingerprint density at radius 3 is 2.62 bits per heavy atom. The van der Waals surface area contributed by atoms with Crippen LogP contribution >= 0.6 is 35.0 Å². The molecule has 0 saturated carbocycles. The Balaban J connectivity index is 1.94. The first-order valence-electron chi connectivity index (χ1n) is 6.19. The van der Waals surface area contributed by atoms with Gasteiger partial charge in [0.25, 0.3) is 0 Å². The average Bonchev–Trinajstić information content (AvgIpc) is 2.42. The molecule has 0 heterocycles. The second-order valence-corrected chi connectivity index (χ2v) is 6.34. The van der Waals surface area contributed by atoms with Crippen LogP contribution in [0, 0.1) is 6.92 Å². The number of hydrogen-bond donors (Lipinski definition) is 2. The molecule has 0 saturated heterocycles. The molecule has 0 aliphatic rings. The van der Waals surface area contributed by atoms with Crippen LogP contribution in [0.4, 0.5) is 11.4 Å². The molecule has 0 radical (unpaired) electrons. The van der Waals surface area contributed by atoms with Crippen molar-refractivity contribution in [2.24, 2.45) is 0 Å². The van der Waals surface area contributed by atoms with Crippen molar-refractivity contribution in [2.75, 3.05) is 16.8 Å². The zero-order valence-electron chi connectivity index (χ0n) is 11.3. The highest BCUT2D eigenvalue weighted by atomic mass is 35.5. The number of anilines is 2. The number of benzene rings is 2. The second-order valence-electron chi connectivity index (χ2n) is 4.51. The van der Waals surface area contributed by atoms with Gasteiger partial charge in [-0.3, -0.25) is 4.79 Å². The van der Waals surface area contributed by atoms with Gasteiger partial charge in [-0.25, -0.2) is 0 Å². The number of nitrogen functional groups attached to an aromatic ring is 1. The summed E-state index contributed by atoms with van der Waals surface area (Å²) in [4.78, 5) is 12.8. The second kappa shape index (κ2) is 7.07. The van der Waals surface area contributed by atoms with E-state index in [1.807, 2.05) is 25.1 Å². The molecule has 0 fully saturated rings. The molecule has 3 N–H and O–H groups in total. The van der Waals surface area contributed by atoms with Crippen molar-refractivity contribution in [2.45, 2.75) is 11.8 Å². The lowest BCUT2D eigenvalue weighted by atomic mass is 10.2. The van der Waals surface area contributed by atoms with Gasteiger partial charge in [0.15, 0.2) is 0 Å². The van der Waals surface area contributed by atoms with E-state index in [0.29, 0.717) is 21.4 Å². The molecular formula is C15H14Cl2N2OS. The summed E-state index contributed by atoms with van der Waals surface area (Å²) >= 11 is 13.1. The molecule has 2 rings (SSSR count). The van der Waals surface area contributed by atoms with E-state index in [1.165, 1.54) is 11.8 Å². The van der Waals surface area contributed by atoms with Gasteiger partial charge in [-0.15, -0.1) is 11.8 Å². The molecule has 110 valence electrons. The maximum Gasteiger partial charge on any atom is 0.234 e. The number of hydrogen-bond acceptors (Lipinski definition) is 3. The summed E-state index contributed by atoms with van der Waals surface area (Å²) in [5, 5.41) is 3.63. The van der Waals surface area contributed by atoms with E-state index >= 15 is 0 Å². The highest BCUT2D eigenvalue weighted by Crippen LogP contribution is 2.27. The highest BCUT2D eigenvalue weighted by molar-refractivity contribution is 8.00. The number of carbonyl (C=O) groups is 1. The maximum atomic E-state index is 11.9. The molecular weight excluding hydrogens is 327 g/mol. The van der Waals surface area contributed by atoms with Gasteiger partial charge < -0.3 is 11.1 Å². The third kappa shape index (κ3) is 4.56. The molecule has 0 spiro atoms. The summed E-state index contributed by atoms with van der Waals surface area (Å²) in [7, 11) is 0. The van der Waals surface area contributed by atoms with E-state index in [4.69, 9.17) is 28.9 Å². The zero-order valence-corrected chi connectivity index (χ0v) is 13.6. The van der Waals surface area contributed by atoms with Gasteiger partial charge >= 0.3 is 0 Å². The smallest absolute Gasteiger partial charge is 0.234 e. The Labute approximate surface area is 137 Å². The van der Waals surface area contributed by atoms with Crippen molar-refractivity contribution in [3.05, 3.63) is 52.0 Å². The zero-order chi connectivity index (χ0) is 15.4. The van der Waals surface area contributed by atoms with Crippen LogP contribution in [0.2, 0.25) is 10.0 Å². The minimum absolute atomic E-state index is 0.127. The normalized spacial score (nSPS) is 10.4. The topological polar surface area (TPSA) is 55.1 Å². The van der Waals surface area contributed by atoms with Crippen molar-refractivity contribution < 1.29 is 4.79 Å².